The molecule has 0 saturated carbocycles. The second kappa shape index (κ2) is 5.13. The summed E-state index contributed by atoms with van der Waals surface area (Å²) in [5.74, 6) is -0.0790. The van der Waals surface area contributed by atoms with Crippen molar-refractivity contribution in [1.29, 1.82) is 0 Å². The molecule has 0 unspecified atom stereocenters. The van der Waals surface area contributed by atoms with Gasteiger partial charge in [0.25, 0.3) is 0 Å². The Morgan fingerprint density at radius 3 is 2.68 bits per heavy atom. The number of carbonyl (C=O) groups is 1. The molecule has 0 radical (unpaired) electrons. The minimum absolute atomic E-state index is 0.0244. The molecule has 106 valence electrons. The van der Waals surface area contributed by atoms with E-state index >= 15 is 0 Å². The number of sulfone groups is 1. The Balaban J connectivity index is 1.97. The molecule has 1 amide bonds. The maximum absolute atomic E-state index is 11.8. The highest BCUT2D eigenvalue weighted by Crippen LogP contribution is 2.18. The van der Waals surface area contributed by atoms with E-state index in [1.54, 1.807) is 13.8 Å². The summed E-state index contributed by atoms with van der Waals surface area (Å²) in [5, 5.41) is 7.43. The van der Waals surface area contributed by atoms with Crippen molar-refractivity contribution < 1.29 is 13.2 Å². The summed E-state index contributed by atoms with van der Waals surface area (Å²) >= 11 is 6.00. The van der Waals surface area contributed by atoms with Gasteiger partial charge in [0.15, 0.2) is 9.84 Å². The zero-order valence-electron chi connectivity index (χ0n) is 10.8. The number of nitrogens with zero attached hydrogens (tertiary/aromatic N) is 2. The van der Waals surface area contributed by atoms with Gasteiger partial charge in [-0.3, -0.25) is 9.48 Å². The normalized spacial score (nSPS) is 21.5. The highest BCUT2D eigenvalue weighted by Gasteiger charge is 2.29. The fourth-order valence-electron chi connectivity index (χ4n) is 2.15. The van der Waals surface area contributed by atoms with Crippen LogP contribution in [-0.4, -0.2) is 41.7 Å². The Labute approximate surface area is 117 Å². The smallest absolute Gasteiger partial charge is 0.241 e. The largest absolute Gasteiger partial charge is 0.351 e. The first-order chi connectivity index (χ1) is 8.78. The van der Waals surface area contributed by atoms with Gasteiger partial charge in [-0.2, -0.15) is 5.10 Å². The van der Waals surface area contributed by atoms with Crippen LogP contribution in [-0.2, 0) is 21.2 Å². The van der Waals surface area contributed by atoms with Gasteiger partial charge < -0.3 is 5.32 Å². The van der Waals surface area contributed by atoms with Gasteiger partial charge in [-0.25, -0.2) is 8.42 Å². The molecule has 0 aromatic carbocycles. The molecule has 6 nitrogen and oxygen atoms in total. The van der Waals surface area contributed by atoms with E-state index in [4.69, 9.17) is 11.6 Å². The Morgan fingerprint density at radius 2 is 2.21 bits per heavy atom. The van der Waals surface area contributed by atoms with Crippen LogP contribution in [0.15, 0.2) is 0 Å². The number of hydrogen-bond donors (Lipinski definition) is 1. The molecule has 8 heteroatoms. The average molecular weight is 306 g/mol. The van der Waals surface area contributed by atoms with Crippen molar-refractivity contribution >= 4 is 27.3 Å². The minimum Gasteiger partial charge on any atom is -0.351 e. The molecule has 0 spiro atoms. The second-order valence-corrected chi connectivity index (χ2v) is 7.42. The molecular weight excluding hydrogens is 290 g/mol. The van der Waals surface area contributed by atoms with Crippen LogP contribution >= 0.6 is 11.6 Å². The average Bonchev–Trinajstić information content (AvgIpc) is 2.75. The first-order valence-electron chi connectivity index (χ1n) is 5.98. The highest BCUT2D eigenvalue weighted by atomic mass is 35.5. The third kappa shape index (κ3) is 3.27. The molecule has 0 aliphatic carbocycles. The minimum atomic E-state index is -2.98. The molecule has 19 heavy (non-hydrogen) atoms. The first-order valence-corrected chi connectivity index (χ1v) is 8.18. The van der Waals surface area contributed by atoms with Crippen molar-refractivity contribution in [1.82, 2.24) is 15.1 Å². The first kappa shape index (κ1) is 14.3. The van der Waals surface area contributed by atoms with E-state index in [1.807, 2.05) is 0 Å². The van der Waals surface area contributed by atoms with Crippen LogP contribution in [0, 0.1) is 13.8 Å². The number of rotatable bonds is 3. The van der Waals surface area contributed by atoms with Gasteiger partial charge >= 0.3 is 0 Å². The quantitative estimate of drug-likeness (QED) is 0.879. The molecule has 1 atom stereocenters. The zero-order valence-corrected chi connectivity index (χ0v) is 12.4. The molecule has 0 bridgehead atoms. The van der Waals surface area contributed by atoms with Gasteiger partial charge in [-0.1, -0.05) is 11.6 Å². The standard InChI is InChI=1S/C11H16ClN3O3S/c1-7-11(12)8(2)15(14-7)5-10(16)13-9-3-4-19(17,18)6-9/h9H,3-6H2,1-2H3,(H,13,16)/t9-/m1/s1. The lowest BCUT2D eigenvalue weighted by Gasteiger charge is -2.11. The summed E-state index contributed by atoms with van der Waals surface area (Å²) in [7, 11) is -2.98. The van der Waals surface area contributed by atoms with E-state index in [0.717, 1.165) is 5.69 Å². The van der Waals surface area contributed by atoms with E-state index in [9.17, 15) is 13.2 Å². The van der Waals surface area contributed by atoms with Crippen LogP contribution in [0.1, 0.15) is 17.8 Å². The molecule has 1 aromatic rings. The molecular formula is C11H16ClN3O3S. The van der Waals surface area contributed by atoms with Crippen molar-refractivity contribution in [2.45, 2.75) is 32.9 Å². The summed E-state index contributed by atoms with van der Waals surface area (Å²) in [6.45, 7) is 3.61. The Kier molecular flexibility index (Phi) is 3.87. The van der Waals surface area contributed by atoms with Gasteiger partial charge in [0.1, 0.15) is 6.54 Å². The monoisotopic (exact) mass is 305 g/mol. The number of nitrogens with one attached hydrogen (secondary N) is 1. The topological polar surface area (TPSA) is 81.1 Å². The lowest BCUT2D eigenvalue weighted by atomic mass is 10.2. The summed E-state index contributed by atoms with van der Waals surface area (Å²) in [5.41, 5.74) is 1.41. The van der Waals surface area contributed by atoms with E-state index in [2.05, 4.69) is 10.4 Å². The summed E-state index contributed by atoms with van der Waals surface area (Å²) in [6.07, 6.45) is 0.478. The van der Waals surface area contributed by atoms with Crippen molar-refractivity contribution in [3.05, 3.63) is 16.4 Å². The second-order valence-electron chi connectivity index (χ2n) is 4.81. The van der Waals surface area contributed by atoms with Crippen LogP contribution in [0.2, 0.25) is 5.02 Å². The van der Waals surface area contributed by atoms with Gasteiger partial charge in [-0.15, -0.1) is 0 Å². The van der Waals surface area contributed by atoms with Gasteiger partial charge in [0.05, 0.1) is 27.9 Å². The van der Waals surface area contributed by atoms with E-state index in [0.29, 0.717) is 17.1 Å². The fraction of sp³-hybridized carbons (Fsp3) is 0.636. The lowest BCUT2D eigenvalue weighted by molar-refractivity contribution is -0.122. The van der Waals surface area contributed by atoms with E-state index < -0.39 is 9.84 Å². The predicted molar refractivity (Wildman–Crippen MR) is 71.9 cm³/mol. The number of amides is 1. The van der Waals surface area contributed by atoms with Crippen LogP contribution in [0.3, 0.4) is 0 Å². The molecule has 1 aliphatic rings. The van der Waals surface area contributed by atoms with E-state index in [-0.39, 0.29) is 30.0 Å². The SMILES string of the molecule is Cc1nn(CC(=O)N[C@@H]2CCS(=O)(=O)C2)c(C)c1Cl. The molecule has 1 aromatic heterocycles. The van der Waals surface area contributed by atoms with Crippen molar-refractivity contribution in [3.8, 4) is 0 Å². The van der Waals surface area contributed by atoms with Crippen LogP contribution in [0.25, 0.3) is 0 Å². The number of aromatic nitrogens is 2. The van der Waals surface area contributed by atoms with Gasteiger partial charge in [0, 0.05) is 6.04 Å². The van der Waals surface area contributed by atoms with E-state index in [1.165, 1.54) is 4.68 Å². The Morgan fingerprint density at radius 1 is 1.53 bits per heavy atom. The Bertz CT molecular complexity index is 609. The number of halogens is 1. The number of hydrogen-bond acceptors (Lipinski definition) is 4. The van der Waals surface area contributed by atoms with Crippen LogP contribution in [0.4, 0.5) is 0 Å². The Hall–Kier alpha value is -1.08. The van der Waals surface area contributed by atoms with Gasteiger partial charge in [0.2, 0.25) is 5.91 Å². The molecule has 1 aliphatic heterocycles. The maximum Gasteiger partial charge on any atom is 0.241 e. The zero-order chi connectivity index (χ0) is 14.2. The number of carbonyl (C=O) groups excluding carboxylic acids is 1. The summed E-state index contributed by atoms with van der Waals surface area (Å²) in [4.78, 5) is 11.8. The third-order valence-electron chi connectivity index (χ3n) is 3.18. The predicted octanol–water partition coefficient (Wildman–Crippen LogP) is 0.457. The lowest BCUT2D eigenvalue weighted by Crippen LogP contribution is -2.38. The molecule has 1 N–H and O–H groups in total. The number of aryl methyl sites for hydroxylation is 1. The molecule has 1 saturated heterocycles. The van der Waals surface area contributed by atoms with Crippen molar-refractivity contribution in [3.63, 3.8) is 0 Å². The third-order valence-corrected chi connectivity index (χ3v) is 5.50. The fourth-order valence-corrected chi connectivity index (χ4v) is 3.96. The molecule has 2 rings (SSSR count). The van der Waals surface area contributed by atoms with Crippen molar-refractivity contribution in [2.24, 2.45) is 0 Å². The van der Waals surface area contributed by atoms with Crippen LogP contribution < -0.4 is 5.32 Å². The van der Waals surface area contributed by atoms with Gasteiger partial charge in [-0.05, 0) is 20.3 Å². The summed E-state index contributed by atoms with van der Waals surface area (Å²) in [6, 6.07) is -0.287. The molecule has 1 fully saturated rings. The highest BCUT2D eigenvalue weighted by molar-refractivity contribution is 7.91. The summed E-state index contributed by atoms with van der Waals surface area (Å²) < 4.78 is 24.1. The van der Waals surface area contributed by atoms with Crippen molar-refractivity contribution in [2.75, 3.05) is 11.5 Å². The molecule has 2 heterocycles. The maximum atomic E-state index is 11.8. The van der Waals surface area contributed by atoms with Crippen LogP contribution in [0.5, 0.6) is 0 Å².